The van der Waals surface area contributed by atoms with Crippen molar-refractivity contribution < 1.29 is 20.4 Å². The van der Waals surface area contributed by atoms with Gasteiger partial charge in [-0.05, 0) is 63.5 Å². The van der Waals surface area contributed by atoms with Crippen LogP contribution in [-0.4, -0.2) is 67.9 Å². The topological polar surface area (TPSA) is 84.2 Å². The summed E-state index contributed by atoms with van der Waals surface area (Å²) in [5, 5.41) is 42.3. The summed E-state index contributed by atoms with van der Waals surface area (Å²) >= 11 is 0. The molecule has 3 saturated carbocycles. The molecule has 0 bridgehead atoms. The lowest BCUT2D eigenvalue weighted by Crippen LogP contribution is -2.63. The van der Waals surface area contributed by atoms with Crippen LogP contribution < -0.4 is 0 Å². The molecular formula is C17H29NO4. The molecule has 1 heterocycles. The molecule has 4 rings (SSSR count). The van der Waals surface area contributed by atoms with Gasteiger partial charge < -0.3 is 25.3 Å². The maximum atomic E-state index is 11.3. The van der Waals surface area contributed by atoms with Crippen LogP contribution in [0.2, 0.25) is 0 Å². The molecule has 7 atom stereocenters. The third kappa shape index (κ3) is 2.09. The first-order valence-corrected chi connectivity index (χ1v) is 8.98. The summed E-state index contributed by atoms with van der Waals surface area (Å²) in [4.78, 5) is 2.55. The molecule has 0 aromatic carbocycles. The van der Waals surface area contributed by atoms with Crippen LogP contribution in [0.1, 0.15) is 51.4 Å². The van der Waals surface area contributed by atoms with Crippen molar-refractivity contribution in [2.24, 2.45) is 11.8 Å². The molecule has 4 aliphatic rings. The summed E-state index contributed by atoms with van der Waals surface area (Å²) in [6.07, 6.45) is 4.60. The second kappa shape index (κ2) is 5.15. The molecule has 4 fully saturated rings. The van der Waals surface area contributed by atoms with E-state index in [0.29, 0.717) is 18.4 Å². The third-order valence-electron chi connectivity index (χ3n) is 7.15. The summed E-state index contributed by atoms with van der Waals surface area (Å²) in [5.74, 6) is 0.380. The van der Waals surface area contributed by atoms with E-state index in [-0.39, 0.29) is 18.8 Å². The molecule has 5 heteroatoms. The molecule has 1 aliphatic heterocycles. The molecule has 0 spiro atoms. The highest BCUT2D eigenvalue weighted by Crippen LogP contribution is 2.59. The van der Waals surface area contributed by atoms with Gasteiger partial charge in [-0.3, -0.25) is 0 Å². The number of likely N-dealkylation sites (tertiary alicyclic amines) is 1. The van der Waals surface area contributed by atoms with Crippen LogP contribution in [0, 0.1) is 11.8 Å². The van der Waals surface area contributed by atoms with Crippen molar-refractivity contribution in [1.82, 2.24) is 4.90 Å². The van der Waals surface area contributed by atoms with Crippen LogP contribution in [-0.2, 0) is 0 Å². The SMILES string of the molecule is OC1CC2(O)CC3CCC(N4CCCC4)CC3C2(O)CC1O. The van der Waals surface area contributed by atoms with E-state index in [2.05, 4.69) is 4.90 Å². The summed E-state index contributed by atoms with van der Waals surface area (Å²) in [5.41, 5.74) is -2.45. The highest BCUT2D eigenvalue weighted by Gasteiger charge is 2.67. The van der Waals surface area contributed by atoms with Crippen molar-refractivity contribution in [3.63, 3.8) is 0 Å². The molecule has 0 amide bonds. The second-order valence-corrected chi connectivity index (χ2v) is 8.28. The van der Waals surface area contributed by atoms with Crippen molar-refractivity contribution in [2.75, 3.05) is 13.1 Å². The van der Waals surface area contributed by atoms with E-state index in [1.54, 1.807) is 0 Å². The first kappa shape index (κ1) is 15.3. The predicted octanol–water partition coefficient (Wildman–Crippen LogP) is 0.249. The van der Waals surface area contributed by atoms with E-state index in [0.717, 1.165) is 32.4 Å². The van der Waals surface area contributed by atoms with Gasteiger partial charge in [0, 0.05) is 18.9 Å². The van der Waals surface area contributed by atoms with Crippen molar-refractivity contribution in [3.05, 3.63) is 0 Å². The Kier molecular flexibility index (Phi) is 3.59. The Bertz CT molecular complexity index is 440. The Hall–Kier alpha value is -0.200. The number of rotatable bonds is 1. The Balaban J connectivity index is 1.57. The summed E-state index contributed by atoms with van der Waals surface area (Å²) in [7, 11) is 0. The monoisotopic (exact) mass is 311 g/mol. The Morgan fingerprint density at radius 3 is 2.27 bits per heavy atom. The zero-order chi connectivity index (χ0) is 15.5. The molecule has 4 N–H and O–H groups in total. The lowest BCUT2D eigenvalue weighted by Gasteiger charge is -2.50. The fourth-order valence-corrected chi connectivity index (χ4v) is 5.97. The predicted molar refractivity (Wildman–Crippen MR) is 81.2 cm³/mol. The molecule has 5 nitrogen and oxygen atoms in total. The number of fused-ring (bicyclic) bond motifs is 3. The molecule has 7 unspecified atom stereocenters. The van der Waals surface area contributed by atoms with E-state index >= 15 is 0 Å². The summed E-state index contributed by atoms with van der Waals surface area (Å²) in [6.45, 7) is 2.32. The van der Waals surface area contributed by atoms with Gasteiger partial charge in [0.05, 0.1) is 23.4 Å². The van der Waals surface area contributed by atoms with Gasteiger partial charge in [0.15, 0.2) is 0 Å². The third-order valence-corrected chi connectivity index (χ3v) is 7.15. The van der Waals surface area contributed by atoms with Crippen LogP contribution in [0.15, 0.2) is 0 Å². The van der Waals surface area contributed by atoms with Crippen molar-refractivity contribution in [3.8, 4) is 0 Å². The van der Waals surface area contributed by atoms with Crippen molar-refractivity contribution in [1.29, 1.82) is 0 Å². The Morgan fingerprint density at radius 1 is 0.864 bits per heavy atom. The van der Waals surface area contributed by atoms with Crippen molar-refractivity contribution >= 4 is 0 Å². The van der Waals surface area contributed by atoms with Crippen LogP contribution in [0.3, 0.4) is 0 Å². The van der Waals surface area contributed by atoms with E-state index in [9.17, 15) is 20.4 Å². The molecule has 0 aromatic rings. The van der Waals surface area contributed by atoms with Gasteiger partial charge in [0.1, 0.15) is 0 Å². The molecule has 1 saturated heterocycles. The highest BCUT2D eigenvalue weighted by atomic mass is 16.4. The fraction of sp³-hybridized carbons (Fsp3) is 1.00. The van der Waals surface area contributed by atoms with Crippen LogP contribution >= 0.6 is 0 Å². The lowest BCUT2D eigenvalue weighted by atomic mass is 9.65. The second-order valence-electron chi connectivity index (χ2n) is 8.28. The minimum Gasteiger partial charge on any atom is -0.390 e. The van der Waals surface area contributed by atoms with Gasteiger partial charge in [-0.15, -0.1) is 0 Å². The first-order valence-electron chi connectivity index (χ1n) is 8.98. The van der Waals surface area contributed by atoms with Gasteiger partial charge in [-0.25, -0.2) is 0 Å². The van der Waals surface area contributed by atoms with Crippen LogP contribution in [0.5, 0.6) is 0 Å². The summed E-state index contributed by atoms with van der Waals surface area (Å²) in [6, 6.07) is 0.513. The zero-order valence-corrected chi connectivity index (χ0v) is 13.2. The van der Waals surface area contributed by atoms with Gasteiger partial charge in [0.25, 0.3) is 0 Å². The average molecular weight is 311 g/mol. The molecule has 0 radical (unpaired) electrons. The van der Waals surface area contributed by atoms with Gasteiger partial charge >= 0.3 is 0 Å². The first-order chi connectivity index (χ1) is 10.4. The van der Waals surface area contributed by atoms with Gasteiger partial charge in [0.2, 0.25) is 0 Å². The van der Waals surface area contributed by atoms with Crippen LogP contribution in [0.4, 0.5) is 0 Å². The quantitative estimate of drug-likeness (QED) is 0.558. The fourth-order valence-electron chi connectivity index (χ4n) is 5.97. The Labute approximate surface area is 131 Å². The maximum absolute atomic E-state index is 11.3. The lowest BCUT2D eigenvalue weighted by molar-refractivity contribution is -0.222. The zero-order valence-electron chi connectivity index (χ0n) is 13.2. The van der Waals surface area contributed by atoms with E-state index < -0.39 is 23.4 Å². The van der Waals surface area contributed by atoms with E-state index in [4.69, 9.17) is 0 Å². The molecular weight excluding hydrogens is 282 g/mol. The molecule has 22 heavy (non-hydrogen) atoms. The smallest absolute Gasteiger partial charge is 0.0991 e. The molecule has 126 valence electrons. The number of aliphatic hydroxyl groups excluding tert-OH is 2. The summed E-state index contributed by atoms with van der Waals surface area (Å²) < 4.78 is 0. The number of aliphatic hydroxyl groups is 4. The van der Waals surface area contributed by atoms with E-state index in [1.165, 1.54) is 12.8 Å². The number of nitrogens with zero attached hydrogens (tertiary/aromatic N) is 1. The van der Waals surface area contributed by atoms with E-state index in [1.807, 2.05) is 0 Å². The average Bonchev–Trinajstić information content (AvgIpc) is 3.05. The largest absolute Gasteiger partial charge is 0.390 e. The maximum Gasteiger partial charge on any atom is 0.0991 e. The van der Waals surface area contributed by atoms with Crippen molar-refractivity contribution in [2.45, 2.75) is 80.8 Å². The number of hydrogen-bond acceptors (Lipinski definition) is 5. The minimum atomic E-state index is -1.23. The molecule has 3 aliphatic carbocycles. The van der Waals surface area contributed by atoms with Crippen LogP contribution in [0.25, 0.3) is 0 Å². The van der Waals surface area contributed by atoms with Gasteiger partial charge in [-0.1, -0.05) is 0 Å². The molecule has 0 aromatic heterocycles. The normalized spacial score (nSPS) is 55.9. The van der Waals surface area contributed by atoms with Gasteiger partial charge in [-0.2, -0.15) is 0 Å². The minimum absolute atomic E-state index is 0.0546. The number of hydrogen-bond donors (Lipinski definition) is 4. The Morgan fingerprint density at radius 2 is 1.55 bits per heavy atom. The standard InChI is InChI=1S/C17H29NO4/c19-14-9-16(21)8-11-3-4-12(18-5-1-2-6-18)7-13(11)17(16,22)10-15(14)20/h11-15,19-22H,1-10H2. The highest BCUT2D eigenvalue weighted by molar-refractivity contribution is 5.18.